The Labute approximate surface area is 98.4 Å². The maximum atomic E-state index is 6.04. The quantitative estimate of drug-likeness (QED) is 0.824. The Morgan fingerprint density at radius 3 is 2.50 bits per heavy atom. The summed E-state index contributed by atoms with van der Waals surface area (Å²) in [6, 6.07) is 0. The number of aromatic nitrogens is 2. The first-order chi connectivity index (χ1) is 7.24. The molecule has 0 saturated heterocycles. The van der Waals surface area contributed by atoms with Crippen molar-refractivity contribution in [3.8, 4) is 0 Å². The zero-order chi connectivity index (χ0) is 12.4. The van der Waals surface area contributed by atoms with Gasteiger partial charge in [-0.15, -0.1) is 0 Å². The average Bonchev–Trinajstić information content (AvgIpc) is 2.15. The van der Waals surface area contributed by atoms with Crippen LogP contribution in [-0.2, 0) is 11.0 Å². The van der Waals surface area contributed by atoms with Crippen LogP contribution in [0.4, 0.5) is 5.82 Å². The highest BCUT2D eigenvalue weighted by atomic mass is 28.4. The minimum absolute atomic E-state index is 0.206. The van der Waals surface area contributed by atoms with E-state index in [9.17, 15) is 0 Å². The van der Waals surface area contributed by atoms with Gasteiger partial charge in [-0.1, -0.05) is 20.8 Å². The van der Waals surface area contributed by atoms with Crippen molar-refractivity contribution in [3.63, 3.8) is 0 Å². The van der Waals surface area contributed by atoms with Gasteiger partial charge in [0.25, 0.3) is 0 Å². The third-order valence-corrected chi connectivity index (χ3v) is 7.70. The predicted molar refractivity (Wildman–Crippen MR) is 68.4 cm³/mol. The lowest BCUT2D eigenvalue weighted by Crippen LogP contribution is -2.40. The Morgan fingerprint density at radius 1 is 1.38 bits per heavy atom. The molecule has 0 aliphatic heterocycles. The van der Waals surface area contributed by atoms with Gasteiger partial charge >= 0.3 is 0 Å². The summed E-state index contributed by atoms with van der Waals surface area (Å²) in [6.45, 7) is 11.6. The van der Waals surface area contributed by atoms with E-state index in [4.69, 9.17) is 10.2 Å². The van der Waals surface area contributed by atoms with Crippen molar-refractivity contribution in [1.82, 2.24) is 9.97 Å². The van der Waals surface area contributed by atoms with Crippen molar-refractivity contribution in [2.24, 2.45) is 0 Å². The van der Waals surface area contributed by atoms with Gasteiger partial charge in [0.15, 0.2) is 8.32 Å². The summed E-state index contributed by atoms with van der Waals surface area (Å²) in [5.74, 6) is 0.508. The van der Waals surface area contributed by atoms with Crippen LogP contribution in [0.2, 0.25) is 18.1 Å². The van der Waals surface area contributed by atoms with Crippen LogP contribution < -0.4 is 5.73 Å². The molecule has 0 amide bonds. The summed E-state index contributed by atoms with van der Waals surface area (Å²) in [5.41, 5.74) is 6.61. The van der Waals surface area contributed by atoms with Crippen LogP contribution in [0, 0.1) is 0 Å². The van der Waals surface area contributed by atoms with Crippen LogP contribution in [-0.4, -0.2) is 18.3 Å². The molecular weight excluding hydrogens is 218 g/mol. The molecule has 0 bridgehead atoms. The first-order valence-corrected chi connectivity index (χ1v) is 8.33. The van der Waals surface area contributed by atoms with Crippen molar-refractivity contribution in [1.29, 1.82) is 0 Å². The van der Waals surface area contributed by atoms with Gasteiger partial charge < -0.3 is 10.2 Å². The fourth-order valence-electron chi connectivity index (χ4n) is 0.954. The Kier molecular flexibility index (Phi) is 3.70. The lowest BCUT2D eigenvalue weighted by atomic mass is 10.2. The van der Waals surface area contributed by atoms with Gasteiger partial charge in [0.1, 0.15) is 12.1 Å². The minimum Gasteiger partial charge on any atom is -0.412 e. The van der Waals surface area contributed by atoms with Crippen LogP contribution in [0.15, 0.2) is 12.5 Å². The van der Waals surface area contributed by atoms with E-state index in [1.165, 1.54) is 6.33 Å². The van der Waals surface area contributed by atoms with Gasteiger partial charge in [0, 0.05) is 11.8 Å². The molecule has 0 aromatic carbocycles. The Balaban J connectivity index is 2.69. The lowest BCUT2D eigenvalue weighted by molar-refractivity contribution is 0.276. The molecule has 0 aliphatic carbocycles. The van der Waals surface area contributed by atoms with Gasteiger partial charge in [-0.25, -0.2) is 9.97 Å². The zero-order valence-corrected chi connectivity index (χ0v) is 11.7. The molecule has 2 N–H and O–H groups in total. The van der Waals surface area contributed by atoms with Gasteiger partial charge in [-0.2, -0.15) is 0 Å². The van der Waals surface area contributed by atoms with Crippen molar-refractivity contribution < 1.29 is 4.43 Å². The monoisotopic (exact) mass is 239 g/mol. The first kappa shape index (κ1) is 13.1. The number of hydrogen-bond donors (Lipinski definition) is 1. The van der Waals surface area contributed by atoms with Crippen LogP contribution >= 0.6 is 0 Å². The van der Waals surface area contributed by atoms with Crippen LogP contribution in [0.5, 0.6) is 0 Å². The number of nitrogens with zero attached hydrogens (tertiary/aromatic N) is 2. The number of nitrogen functional groups attached to an aromatic ring is 1. The molecule has 0 radical (unpaired) electrons. The summed E-state index contributed by atoms with van der Waals surface area (Å²) in [5, 5.41) is 0.206. The molecule has 1 aromatic rings. The van der Waals surface area contributed by atoms with Gasteiger partial charge in [-0.3, -0.25) is 0 Å². The highest BCUT2D eigenvalue weighted by Crippen LogP contribution is 2.37. The second-order valence-electron chi connectivity index (χ2n) is 5.48. The second kappa shape index (κ2) is 4.51. The van der Waals surface area contributed by atoms with Crippen molar-refractivity contribution in [2.75, 3.05) is 5.73 Å². The molecule has 1 heterocycles. The largest absolute Gasteiger partial charge is 0.412 e. The summed E-state index contributed by atoms with van der Waals surface area (Å²) in [7, 11) is -1.72. The Bertz CT molecular complexity index is 360. The molecule has 16 heavy (non-hydrogen) atoms. The van der Waals surface area contributed by atoms with Crippen LogP contribution in [0.25, 0.3) is 0 Å². The summed E-state index contributed by atoms with van der Waals surface area (Å²) >= 11 is 0. The number of anilines is 1. The van der Waals surface area contributed by atoms with E-state index >= 15 is 0 Å². The molecule has 0 spiro atoms. The third kappa shape index (κ3) is 3.02. The lowest BCUT2D eigenvalue weighted by Gasteiger charge is -2.36. The molecule has 1 rings (SSSR count). The van der Waals surface area contributed by atoms with E-state index in [1.807, 2.05) is 0 Å². The molecule has 0 fully saturated rings. The van der Waals surface area contributed by atoms with E-state index in [1.54, 1.807) is 6.20 Å². The average molecular weight is 239 g/mol. The fourth-order valence-corrected chi connectivity index (χ4v) is 1.90. The molecule has 90 valence electrons. The van der Waals surface area contributed by atoms with Crippen LogP contribution in [0.1, 0.15) is 26.3 Å². The van der Waals surface area contributed by atoms with Crippen molar-refractivity contribution in [3.05, 3.63) is 18.1 Å². The molecule has 1 aromatic heterocycles. The van der Waals surface area contributed by atoms with Gasteiger partial charge in [0.05, 0.1) is 6.61 Å². The van der Waals surface area contributed by atoms with E-state index in [0.29, 0.717) is 12.4 Å². The van der Waals surface area contributed by atoms with Crippen molar-refractivity contribution in [2.45, 2.75) is 45.5 Å². The van der Waals surface area contributed by atoms with E-state index in [-0.39, 0.29) is 5.04 Å². The predicted octanol–water partition coefficient (Wildman–Crippen LogP) is 2.58. The highest BCUT2D eigenvalue weighted by molar-refractivity contribution is 6.74. The minimum atomic E-state index is -1.72. The highest BCUT2D eigenvalue weighted by Gasteiger charge is 2.37. The smallest absolute Gasteiger partial charge is 0.192 e. The number of nitrogens with two attached hydrogens (primary N) is 1. The summed E-state index contributed by atoms with van der Waals surface area (Å²) in [4.78, 5) is 7.90. The fraction of sp³-hybridized carbons (Fsp3) is 0.636. The second-order valence-corrected chi connectivity index (χ2v) is 10.3. The molecule has 0 unspecified atom stereocenters. The third-order valence-electron chi connectivity index (χ3n) is 3.22. The van der Waals surface area contributed by atoms with Gasteiger partial charge in [0.2, 0.25) is 0 Å². The number of hydrogen-bond acceptors (Lipinski definition) is 4. The molecule has 0 atom stereocenters. The van der Waals surface area contributed by atoms with Gasteiger partial charge in [-0.05, 0) is 18.1 Å². The molecular formula is C11H21N3OSi. The molecule has 0 saturated carbocycles. The maximum Gasteiger partial charge on any atom is 0.192 e. The van der Waals surface area contributed by atoms with E-state index in [2.05, 4.69) is 43.8 Å². The maximum absolute atomic E-state index is 6.04. The number of rotatable bonds is 3. The SMILES string of the molecule is CC(C)(C)[Si](C)(C)OCc1cncnc1N. The normalized spacial score (nSPS) is 12.8. The van der Waals surface area contributed by atoms with E-state index < -0.39 is 8.32 Å². The first-order valence-electron chi connectivity index (χ1n) is 5.42. The van der Waals surface area contributed by atoms with Crippen molar-refractivity contribution >= 4 is 14.1 Å². The van der Waals surface area contributed by atoms with E-state index in [0.717, 1.165) is 5.56 Å². The Morgan fingerprint density at radius 2 is 2.00 bits per heavy atom. The van der Waals surface area contributed by atoms with Crippen LogP contribution in [0.3, 0.4) is 0 Å². The molecule has 5 heteroatoms. The zero-order valence-electron chi connectivity index (χ0n) is 10.7. The molecule has 4 nitrogen and oxygen atoms in total. The Hall–Kier alpha value is -0.943. The topological polar surface area (TPSA) is 61.0 Å². The summed E-state index contributed by atoms with van der Waals surface area (Å²) in [6.07, 6.45) is 3.17. The standard InChI is InChI=1S/C11H21N3OSi/c1-11(2,3)16(4,5)15-7-9-6-13-8-14-10(9)12/h6,8H,7H2,1-5H3,(H2,12,13,14). The molecule has 0 aliphatic rings. The summed E-state index contributed by atoms with van der Waals surface area (Å²) < 4.78 is 6.04.